The highest BCUT2D eigenvalue weighted by molar-refractivity contribution is 9.11. The molecule has 2 rings (SSSR count). The summed E-state index contributed by atoms with van der Waals surface area (Å²) in [6.07, 6.45) is -0.715. The zero-order valence-corrected chi connectivity index (χ0v) is 18.7. The molecular weight excluding hydrogens is 462 g/mol. The molecule has 0 aliphatic heterocycles. The van der Waals surface area contributed by atoms with Crippen LogP contribution in [0.25, 0.3) is 0 Å². The molecule has 0 spiro atoms. The number of benzene rings is 1. The number of carbonyl (C=O) groups is 3. The van der Waals surface area contributed by atoms with E-state index in [2.05, 4.69) is 26.2 Å². The van der Waals surface area contributed by atoms with Gasteiger partial charge in [-0.3, -0.25) is 19.2 Å². The van der Waals surface area contributed by atoms with Crippen molar-refractivity contribution in [3.63, 3.8) is 0 Å². The average Bonchev–Trinajstić information content (AvgIpc) is 2.94. The topological polar surface area (TPSA) is 109 Å². The number of nitrogens with zero attached hydrogens (tertiary/aromatic N) is 2. The summed E-state index contributed by atoms with van der Waals surface area (Å²) in [5.74, 6) is -1.92. The molecular formula is C19H22BrN3O5S. The van der Waals surface area contributed by atoms with E-state index in [4.69, 9.17) is 9.94 Å². The van der Waals surface area contributed by atoms with Gasteiger partial charge in [-0.2, -0.15) is 5.06 Å². The lowest BCUT2D eigenvalue weighted by Crippen LogP contribution is -2.35. The van der Waals surface area contributed by atoms with Gasteiger partial charge in [0.05, 0.1) is 28.2 Å². The Morgan fingerprint density at radius 2 is 1.93 bits per heavy atom. The van der Waals surface area contributed by atoms with E-state index in [1.165, 1.54) is 0 Å². The number of nitrogens with one attached hydrogen (secondary N) is 1. The number of carboxylic acids is 1. The first-order chi connectivity index (χ1) is 13.7. The molecule has 0 bridgehead atoms. The summed E-state index contributed by atoms with van der Waals surface area (Å²) in [5, 5.41) is 12.7. The number of carboxylic acid groups (broad SMARTS) is 1. The Balaban J connectivity index is 2.06. The number of hydrogen-bond acceptors (Lipinski definition) is 6. The highest BCUT2D eigenvalue weighted by Crippen LogP contribution is 2.29. The van der Waals surface area contributed by atoms with Gasteiger partial charge in [-0.25, -0.2) is 4.98 Å². The molecule has 1 heterocycles. The van der Waals surface area contributed by atoms with Crippen LogP contribution in [-0.2, 0) is 25.6 Å². The molecule has 8 nitrogen and oxygen atoms in total. The van der Waals surface area contributed by atoms with Crippen molar-refractivity contribution in [2.24, 2.45) is 5.92 Å². The molecule has 0 saturated heterocycles. The minimum atomic E-state index is -1.03. The Bertz CT molecular complexity index is 882. The van der Waals surface area contributed by atoms with Crippen LogP contribution >= 0.6 is 27.3 Å². The maximum atomic E-state index is 12.7. The largest absolute Gasteiger partial charge is 0.481 e. The van der Waals surface area contributed by atoms with Crippen LogP contribution in [0.2, 0.25) is 0 Å². The smallest absolute Gasteiger partial charge is 0.309 e. The van der Waals surface area contributed by atoms with Crippen LogP contribution in [0.5, 0.6) is 0 Å². The van der Waals surface area contributed by atoms with Gasteiger partial charge >= 0.3 is 5.97 Å². The quantitative estimate of drug-likeness (QED) is 0.414. The van der Waals surface area contributed by atoms with Crippen molar-refractivity contribution in [1.29, 1.82) is 0 Å². The molecule has 0 aliphatic rings. The van der Waals surface area contributed by atoms with E-state index in [0.717, 1.165) is 22.0 Å². The summed E-state index contributed by atoms with van der Waals surface area (Å²) in [5.41, 5.74) is 1.88. The monoisotopic (exact) mass is 483 g/mol. The van der Waals surface area contributed by atoms with E-state index in [9.17, 15) is 14.4 Å². The Kier molecular flexibility index (Phi) is 8.30. The van der Waals surface area contributed by atoms with E-state index in [1.807, 2.05) is 32.9 Å². The van der Waals surface area contributed by atoms with Crippen molar-refractivity contribution in [3.8, 4) is 0 Å². The second kappa shape index (κ2) is 10.5. The lowest BCUT2D eigenvalue weighted by molar-refractivity contribution is -0.136. The van der Waals surface area contributed by atoms with E-state index >= 15 is 0 Å². The second-order valence-electron chi connectivity index (χ2n) is 6.75. The fraction of sp³-hybridized carbons (Fsp3) is 0.368. The van der Waals surface area contributed by atoms with Crippen molar-refractivity contribution in [1.82, 2.24) is 4.98 Å². The van der Waals surface area contributed by atoms with Gasteiger partial charge < -0.3 is 10.4 Å². The van der Waals surface area contributed by atoms with Crippen LogP contribution in [0, 0.1) is 12.8 Å². The molecule has 156 valence electrons. The number of aryl methyl sites for hydroxylation is 1. The van der Waals surface area contributed by atoms with Crippen LogP contribution in [0.4, 0.5) is 10.8 Å². The summed E-state index contributed by atoms with van der Waals surface area (Å²) in [4.78, 5) is 45.5. The first kappa shape index (κ1) is 23.0. The number of aromatic nitrogens is 1. The average molecular weight is 484 g/mol. The van der Waals surface area contributed by atoms with Gasteiger partial charge in [-0.1, -0.05) is 42.9 Å². The summed E-state index contributed by atoms with van der Waals surface area (Å²) in [6.45, 7) is 6.17. The fourth-order valence-electron chi connectivity index (χ4n) is 2.21. The zero-order valence-electron chi connectivity index (χ0n) is 16.3. The van der Waals surface area contributed by atoms with Crippen LogP contribution < -0.4 is 10.4 Å². The first-order valence-corrected chi connectivity index (χ1v) is 10.5. The van der Waals surface area contributed by atoms with Gasteiger partial charge in [0, 0.05) is 0 Å². The van der Waals surface area contributed by atoms with E-state index in [1.54, 1.807) is 12.1 Å². The number of hydrogen-bond donors (Lipinski definition) is 2. The predicted molar refractivity (Wildman–Crippen MR) is 114 cm³/mol. The number of carbonyl (C=O) groups excluding carboxylic acids is 2. The zero-order chi connectivity index (χ0) is 21.6. The van der Waals surface area contributed by atoms with Gasteiger partial charge in [-0.15, -0.1) is 0 Å². The maximum absolute atomic E-state index is 12.7. The number of halogens is 1. The number of amides is 2. The molecule has 2 amide bonds. The van der Waals surface area contributed by atoms with Gasteiger partial charge in [0.15, 0.2) is 5.13 Å². The highest BCUT2D eigenvalue weighted by atomic mass is 79.9. The van der Waals surface area contributed by atoms with Crippen LogP contribution in [0.1, 0.15) is 31.5 Å². The molecule has 0 aliphatic carbocycles. The lowest BCUT2D eigenvalue weighted by Gasteiger charge is -2.23. The van der Waals surface area contributed by atoms with Gasteiger partial charge in [0.1, 0.15) is 6.42 Å². The molecule has 0 radical (unpaired) electrons. The van der Waals surface area contributed by atoms with Crippen molar-refractivity contribution in [2.45, 2.75) is 33.6 Å². The molecule has 29 heavy (non-hydrogen) atoms. The van der Waals surface area contributed by atoms with Crippen molar-refractivity contribution >= 4 is 55.9 Å². The highest BCUT2D eigenvalue weighted by Gasteiger charge is 2.22. The van der Waals surface area contributed by atoms with E-state index in [0.29, 0.717) is 21.8 Å². The van der Waals surface area contributed by atoms with E-state index < -0.39 is 24.2 Å². The summed E-state index contributed by atoms with van der Waals surface area (Å²) >= 11 is 4.31. The molecule has 1 aromatic heterocycles. The summed E-state index contributed by atoms with van der Waals surface area (Å²) < 4.78 is 0.517. The SMILES string of the molecule is Cc1ccc(N(OCC(C)C)C(=O)CC(=O)Nc2nc(CC(=O)O)c(Br)s2)cc1. The molecule has 0 atom stereocenters. The van der Waals surface area contributed by atoms with Gasteiger partial charge in [0.25, 0.3) is 5.91 Å². The van der Waals surface area contributed by atoms with Crippen LogP contribution in [-0.4, -0.2) is 34.5 Å². The van der Waals surface area contributed by atoms with Gasteiger partial charge in [-0.05, 0) is 40.9 Å². The van der Waals surface area contributed by atoms with Crippen molar-refractivity contribution < 1.29 is 24.3 Å². The minimum Gasteiger partial charge on any atom is -0.481 e. The van der Waals surface area contributed by atoms with Crippen molar-refractivity contribution in [3.05, 3.63) is 39.3 Å². The standard InChI is InChI=1S/C19H22BrN3O5S/c1-11(2)10-28-23(13-6-4-12(3)5-7-13)16(25)9-15(24)22-19-21-14(8-17(26)27)18(20)29-19/h4-7,11H,8-10H2,1-3H3,(H,26,27)(H,21,22,24). The summed E-state index contributed by atoms with van der Waals surface area (Å²) in [6, 6.07) is 7.21. The lowest BCUT2D eigenvalue weighted by atomic mass is 10.2. The number of thiazole rings is 1. The third-order valence-electron chi connectivity index (χ3n) is 3.56. The third-order valence-corrected chi connectivity index (χ3v) is 5.30. The minimum absolute atomic E-state index is 0.199. The molecule has 10 heteroatoms. The number of hydroxylamine groups is 1. The Morgan fingerprint density at radius 1 is 1.28 bits per heavy atom. The number of anilines is 2. The normalized spacial score (nSPS) is 10.8. The fourth-order valence-corrected chi connectivity index (χ4v) is 3.62. The number of aliphatic carboxylic acids is 1. The Morgan fingerprint density at radius 3 is 2.52 bits per heavy atom. The molecule has 0 fully saturated rings. The van der Waals surface area contributed by atoms with Crippen LogP contribution in [0.15, 0.2) is 28.1 Å². The Hall–Kier alpha value is -2.30. The van der Waals surface area contributed by atoms with Crippen molar-refractivity contribution in [2.75, 3.05) is 17.0 Å². The second-order valence-corrected chi connectivity index (χ2v) is 9.07. The van der Waals surface area contributed by atoms with Crippen LogP contribution in [0.3, 0.4) is 0 Å². The van der Waals surface area contributed by atoms with E-state index in [-0.39, 0.29) is 17.5 Å². The van der Waals surface area contributed by atoms with Gasteiger partial charge in [0.2, 0.25) is 5.91 Å². The summed E-state index contributed by atoms with van der Waals surface area (Å²) in [7, 11) is 0. The predicted octanol–water partition coefficient (Wildman–Crippen LogP) is 3.79. The Labute approximate surface area is 181 Å². The number of rotatable bonds is 9. The third kappa shape index (κ3) is 7.22. The molecule has 0 unspecified atom stereocenters. The molecule has 0 saturated carbocycles. The first-order valence-electron chi connectivity index (χ1n) is 8.85. The molecule has 1 aromatic carbocycles. The molecule has 2 aromatic rings. The maximum Gasteiger partial charge on any atom is 0.309 e. The molecule has 2 N–H and O–H groups in total.